The van der Waals surface area contributed by atoms with Crippen LogP contribution >= 0.6 is 23.2 Å². The molecule has 1 saturated carbocycles. The van der Waals surface area contributed by atoms with Crippen molar-refractivity contribution in [3.05, 3.63) is 28.2 Å². The molecule has 0 saturated heterocycles. The van der Waals surface area contributed by atoms with Gasteiger partial charge in [-0.05, 0) is 31.0 Å². The van der Waals surface area contributed by atoms with Gasteiger partial charge in [0.15, 0.2) is 0 Å². The molecule has 0 spiro atoms. The monoisotopic (exact) mass is 293 g/mol. The quantitative estimate of drug-likeness (QED) is 0.855. The Morgan fingerprint density at radius 2 is 1.94 bits per heavy atom. The van der Waals surface area contributed by atoms with E-state index < -0.39 is 10.0 Å². The molecule has 0 aliphatic heterocycles. The summed E-state index contributed by atoms with van der Waals surface area (Å²) in [5, 5.41) is 0.625. The van der Waals surface area contributed by atoms with E-state index in [0.717, 1.165) is 12.8 Å². The molecule has 0 aromatic heterocycles. The third-order valence-electron chi connectivity index (χ3n) is 2.76. The topological polar surface area (TPSA) is 37.4 Å². The molecule has 0 atom stereocenters. The van der Waals surface area contributed by atoms with Crippen molar-refractivity contribution in [1.82, 2.24) is 4.31 Å². The first kappa shape index (κ1) is 13.1. The summed E-state index contributed by atoms with van der Waals surface area (Å²) in [7, 11) is -3.44. The molecule has 17 heavy (non-hydrogen) atoms. The molecule has 1 fully saturated rings. The molecular weight excluding hydrogens is 281 g/mol. The normalized spacial score (nSPS) is 16.5. The summed E-state index contributed by atoms with van der Waals surface area (Å²) in [5.74, 6) is 0. The molecule has 1 aromatic carbocycles. The minimum atomic E-state index is -3.44. The predicted octanol–water partition coefficient (Wildman–Crippen LogP) is 3.17. The summed E-state index contributed by atoms with van der Waals surface area (Å²) in [6.45, 7) is 2.32. The SMILES string of the molecule is CCN(C1CC1)S(=O)(=O)c1ccc(Cl)c(Cl)c1. The van der Waals surface area contributed by atoms with Crippen molar-refractivity contribution in [2.75, 3.05) is 6.54 Å². The lowest BCUT2D eigenvalue weighted by atomic mass is 10.4. The fraction of sp³-hybridized carbons (Fsp3) is 0.455. The van der Waals surface area contributed by atoms with Gasteiger partial charge in [0.2, 0.25) is 10.0 Å². The summed E-state index contributed by atoms with van der Waals surface area (Å²) < 4.78 is 26.2. The first-order valence-corrected chi connectivity index (χ1v) is 7.63. The van der Waals surface area contributed by atoms with Gasteiger partial charge in [0.1, 0.15) is 0 Å². The first-order chi connectivity index (χ1) is 7.96. The molecule has 2 rings (SSSR count). The smallest absolute Gasteiger partial charge is 0.207 e. The third-order valence-corrected chi connectivity index (χ3v) is 5.53. The highest BCUT2D eigenvalue weighted by molar-refractivity contribution is 7.89. The predicted molar refractivity (Wildman–Crippen MR) is 69.0 cm³/mol. The second kappa shape index (κ2) is 4.76. The van der Waals surface area contributed by atoms with E-state index in [2.05, 4.69) is 0 Å². The lowest BCUT2D eigenvalue weighted by molar-refractivity contribution is 0.421. The van der Waals surface area contributed by atoms with Crippen molar-refractivity contribution >= 4 is 33.2 Å². The fourth-order valence-electron chi connectivity index (χ4n) is 1.76. The van der Waals surface area contributed by atoms with E-state index >= 15 is 0 Å². The lowest BCUT2D eigenvalue weighted by Gasteiger charge is -2.20. The van der Waals surface area contributed by atoms with Crippen LogP contribution < -0.4 is 0 Å². The van der Waals surface area contributed by atoms with E-state index in [0.29, 0.717) is 11.6 Å². The van der Waals surface area contributed by atoms with Gasteiger partial charge in [-0.2, -0.15) is 4.31 Å². The summed E-state index contributed by atoms with van der Waals surface area (Å²) >= 11 is 11.6. The van der Waals surface area contributed by atoms with Gasteiger partial charge in [0, 0.05) is 12.6 Å². The zero-order valence-electron chi connectivity index (χ0n) is 9.36. The van der Waals surface area contributed by atoms with Crippen LogP contribution in [-0.2, 0) is 10.0 Å². The van der Waals surface area contributed by atoms with Gasteiger partial charge >= 0.3 is 0 Å². The number of hydrogen-bond donors (Lipinski definition) is 0. The largest absolute Gasteiger partial charge is 0.243 e. The van der Waals surface area contributed by atoms with Crippen LogP contribution in [0.4, 0.5) is 0 Å². The molecule has 0 unspecified atom stereocenters. The van der Waals surface area contributed by atoms with Gasteiger partial charge in [-0.1, -0.05) is 30.1 Å². The van der Waals surface area contributed by atoms with Crippen molar-refractivity contribution in [2.45, 2.75) is 30.7 Å². The standard InChI is InChI=1S/C11H13Cl2NO2S/c1-2-14(8-3-4-8)17(15,16)9-5-6-10(12)11(13)7-9/h5-8H,2-4H2,1H3. The summed E-state index contributed by atoms with van der Waals surface area (Å²) in [5.41, 5.74) is 0. The second-order valence-electron chi connectivity index (χ2n) is 4.02. The van der Waals surface area contributed by atoms with Crippen LogP contribution in [0.15, 0.2) is 23.1 Å². The molecule has 1 aliphatic carbocycles. The van der Waals surface area contributed by atoms with Crippen LogP contribution in [0, 0.1) is 0 Å². The van der Waals surface area contributed by atoms with Crippen molar-refractivity contribution in [3.63, 3.8) is 0 Å². The van der Waals surface area contributed by atoms with E-state index in [1.807, 2.05) is 6.92 Å². The maximum absolute atomic E-state index is 12.3. The van der Waals surface area contributed by atoms with Gasteiger partial charge in [-0.15, -0.1) is 0 Å². The van der Waals surface area contributed by atoms with Gasteiger partial charge < -0.3 is 0 Å². The van der Waals surface area contributed by atoms with Gasteiger partial charge in [0.25, 0.3) is 0 Å². The zero-order chi connectivity index (χ0) is 12.6. The highest BCUT2D eigenvalue weighted by Crippen LogP contribution is 2.33. The number of nitrogens with zero attached hydrogens (tertiary/aromatic N) is 1. The van der Waals surface area contributed by atoms with Crippen LogP contribution in [0.5, 0.6) is 0 Å². The summed E-state index contributed by atoms with van der Waals surface area (Å²) in [6.07, 6.45) is 1.88. The fourth-order valence-corrected chi connectivity index (χ4v) is 3.84. The van der Waals surface area contributed by atoms with Gasteiger partial charge in [-0.3, -0.25) is 0 Å². The van der Waals surface area contributed by atoms with Crippen LogP contribution in [0.2, 0.25) is 10.0 Å². The number of rotatable bonds is 4. The molecule has 94 valence electrons. The molecule has 1 aliphatic rings. The molecule has 0 amide bonds. The Hall–Kier alpha value is -0.290. The van der Waals surface area contributed by atoms with Crippen molar-refractivity contribution in [2.24, 2.45) is 0 Å². The van der Waals surface area contributed by atoms with E-state index in [1.54, 1.807) is 0 Å². The molecule has 0 N–H and O–H groups in total. The average molecular weight is 294 g/mol. The Labute approximate surface area is 111 Å². The molecule has 1 aromatic rings. The second-order valence-corrected chi connectivity index (χ2v) is 6.72. The summed E-state index contributed by atoms with van der Waals surface area (Å²) in [6, 6.07) is 4.57. The van der Waals surface area contributed by atoms with Gasteiger partial charge in [-0.25, -0.2) is 8.42 Å². The molecule has 0 radical (unpaired) electrons. The van der Waals surface area contributed by atoms with Gasteiger partial charge in [0.05, 0.1) is 14.9 Å². The summed E-state index contributed by atoms with van der Waals surface area (Å²) in [4.78, 5) is 0.209. The molecule has 3 nitrogen and oxygen atoms in total. The average Bonchev–Trinajstić information content (AvgIpc) is 3.07. The molecular formula is C11H13Cl2NO2S. The van der Waals surface area contributed by atoms with Crippen LogP contribution in [0.1, 0.15) is 19.8 Å². The van der Waals surface area contributed by atoms with Crippen molar-refractivity contribution in [3.8, 4) is 0 Å². The lowest BCUT2D eigenvalue weighted by Crippen LogP contribution is -2.32. The Kier molecular flexibility index (Phi) is 3.69. The van der Waals surface area contributed by atoms with E-state index in [-0.39, 0.29) is 16.0 Å². The Bertz CT molecular complexity index is 526. The van der Waals surface area contributed by atoms with E-state index in [4.69, 9.17) is 23.2 Å². The third kappa shape index (κ3) is 2.60. The first-order valence-electron chi connectivity index (χ1n) is 5.43. The van der Waals surface area contributed by atoms with E-state index in [9.17, 15) is 8.42 Å². The van der Waals surface area contributed by atoms with Crippen LogP contribution in [0.25, 0.3) is 0 Å². The van der Waals surface area contributed by atoms with Crippen molar-refractivity contribution < 1.29 is 8.42 Å². The molecule has 6 heteroatoms. The highest BCUT2D eigenvalue weighted by Gasteiger charge is 2.36. The van der Waals surface area contributed by atoms with Crippen LogP contribution in [0.3, 0.4) is 0 Å². The van der Waals surface area contributed by atoms with Crippen LogP contribution in [-0.4, -0.2) is 25.3 Å². The molecule has 0 heterocycles. The minimum absolute atomic E-state index is 0.152. The maximum Gasteiger partial charge on any atom is 0.243 e. The number of hydrogen-bond acceptors (Lipinski definition) is 2. The highest BCUT2D eigenvalue weighted by atomic mass is 35.5. The Morgan fingerprint density at radius 1 is 1.29 bits per heavy atom. The van der Waals surface area contributed by atoms with E-state index in [1.165, 1.54) is 22.5 Å². The van der Waals surface area contributed by atoms with Crippen molar-refractivity contribution in [1.29, 1.82) is 0 Å². The Balaban J connectivity index is 2.39. The number of halogens is 2. The number of benzene rings is 1. The number of sulfonamides is 1. The Morgan fingerprint density at radius 3 is 2.41 bits per heavy atom. The minimum Gasteiger partial charge on any atom is -0.207 e. The zero-order valence-corrected chi connectivity index (χ0v) is 11.7. The molecule has 0 bridgehead atoms. The maximum atomic E-state index is 12.3.